The van der Waals surface area contributed by atoms with Crippen LogP contribution in [0.5, 0.6) is 11.5 Å². The van der Waals surface area contributed by atoms with Crippen LogP contribution in [0.2, 0.25) is 0 Å². The summed E-state index contributed by atoms with van der Waals surface area (Å²) >= 11 is 3.37. The third-order valence-electron chi connectivity index (χ3n) is 2.84. The van der Waals surface area contributed by atoms with Gasteiger partial charge in [0.05, 0.1) is 0 Å². The quantitative estimate of drug-likeness (QED) is 0.802. The summed E-state index contributed by atoms with van der Waals surface area (Å²) in [5.41, 5.74) is 0.954. The fraction of sp³-hybridized carbons (Fsp3) is 0.188. The SMILES string of the molecule is Cc1cccc(C(=O)O)c1OCCOc1cccc(Br)c1. The molecule has 1 N–H and O–H groups in total. The lowest BCUT2D eigenvalue weighted by atomic mass is 10.1. The molecule has 0 aliphatic heterocycles. The molecule has 0 heterocycles. The highest BCUT2D eigenvalue weighted by atomic mass is 79.9. The summed E-state index contributed by atoms with van der Waals surface area (Å²) in [7, 11) is 0. The first kappa shape index (κ1) is 15.4. The molecule has 0 fully saturated rings. The summed E-state index contributed by atoms with van der Waals surface area (Å²) in [6, 6.07) is 12.5. The number of hydrogen-bond acceptors (Lipinski definition) is 3. The minimum Gasteiger partial charge on any atom is -0.490 e. The summed E-state index contributed by atoms with van der Waals surface area (Å²) in [4.78, 5) is 11.1. The Morgan fingerprint density at radius 1 is 1.14 bits per heavy atom. The molecular weight excluding hydrogens is 336 g/mol. The van der Waals surface area contributed by atoms with Crippen molar-refractivity contribution < 1.29 is 19.4 Å². The Labute approximate surface area is 131 Å². The first-order valence-corrected chi connectivity index (χ1v) is 7.21. The number of ether oxygens (including phenoxy) is 2. The van der Waals surface area contributed by atoms with Crippen molar-refractivity contribution >= 4 is 21.9 Å². The maximum atomic E-state index is 11.1. The van der Waals surface area contributed by atoms with E-state index in [1.807, 2.05) is 37.3 Å². The van der Waals surface area contributed by atoms with Gasteiger partial charge < -0.3 is 14.6 Å². The van der Waals surface area contributed by atoms with E-state index >= 15 is 0 Å². The summed E-state index contributed by atoms with van der Waals surface area (Å²) in [6.45, 7) is 2.43. The topological polar surface area (TPSA) is 55.8 Å². The average molecular weight is 351 g/mol. The molecule has 0 spiro atoms. The van der Waals surface area contributed by atoms with Crippen molar-refractivity contribution in [2.24, 2.45) is 0 Å². The average Bonchev–Trinajstić information content (AvgIpc) is 2.44. The lowest BCUT2D eigenvalue weighted by Crippen LogP contribution is -2.12. The Morgan fingerprint density at radius 3 is 2.57 bits per heavy atom. The van der Waals surface area contributed by atoms with Crippen molar-refractivity contribution in [1.82, 2.24) is 0 Å². The summed E-state index contributed by atoms with van der Waals surface area (Å²) < 4.78 is 12.0. The molecule has 0 aromatic heterocycles. The highest BCUT2D eigenvalue weighted by molar-refractivity contribution is 9.10. The van der Waals surface area contributed by atoms with Gasteiger partial charge in [0.25, 0.3) is 0 Å². The van der Waals surface area contributed by atoms with Crippen LogP contribution in [-0.2, 0) is 0 Å². The van der Waals surface area contributed by atoms with Gasteiger partial charge in [-0.15, -0.1) is 0 Å². The van der Waals surface area contributed by atoms with E-state index in [0.29, 0.717) is 12.4 Å². The molecule has 5 heteroatoms. The normalized spacial score (nSPS) is 10.2. The van der Waals surface area contributed by atoms with E-state index < -0.39 is 5.97 Å². The monoisotopic (exact) mass is 350 g/mol. The third kappa shape index (κ3) is 4.23. The second-order valence-corrected chi connectivity index (χ2v) is 5.33. The molecule has 21 heavy (non-hydrogen) atoms. The molecule has 0 saturated heterocycles. The van der Waals surface area contributed by atoms with Crippen LogP contribution < -0.4 is 9.47 Å². The molecule has 2 rings (SSSR count). The lowest BCUT2D eigenvalue weighted by Gasteiger charge is -2.12. The van der Waals surface area contributed by atoms with Gasteiger partial charge in [-0.2, -0.15) is 0 Å². The highest BCUT2D eigenvalue weighted by Gasteiger charge is 2.13. The van der Waals surface area contributed by atoms with Crippen LogP contribution >= 0.6 is 15.9 Å². The minimum absolute atomic E-state index is 0.164. The van der Waals surface area contributed by atoms with Crippen molar-refractivity contribution in [1.29, 1.82) is 0 Å². The number of carboxylic acids is 1. The van der Waals surface area contributed by atoms with E-state index in [1.54, 1.807) is 6.07 Å². The number of para-hydroxylation sites is 1. The first-order valence-electron chi connectivity index (χ1n) is 6.42. The van der Waals surface area contributed by atoms with E-state index in [0.717, 1.165) is 15.8 Å². The van der Waals surface area contributed by atoms with E-state index in [1.165, 1.54) is 6.07 Å². The zero-order valence-electron chi connectivity index (χ0n) is 11.5. The summed E-state index contributed by atoms with van der Waals surface area (Å²) in [5.74, 6) is 0.126. The lowest BCUT2D eigenvalue weighted by molar-refractivity contribution is 0.0691. The second-order valence-electron chi connectivity index (χ2n) is 4.41. The second kappa shape index (κ2) is 7.13. The van der Waals surface area contributed by atoms with Gasteiger partial charge in [0.15, 0.2) is 0 Å². The number of aromatic carboxylic acids is 1. The first-order chi connectivity index (χ1) is 10.1. The van der Waals surface area contributed by atoms with Gasteiger partial charge in [-0.3, -0.25) is 0 Å². The minimum atomic E-state index is -0.999. The molecule has 2 aromatic carbocycles. The van der Waals surface area contributed by atoms with Crippen molar-refractivity contribution in [3.05, 3.63) is 58.1 Å². The van der Waals surface area contributed by atoms with E-state index in [2.05, 4.69) is 15.9 Å². The van der Waals surface area contributed by atoms with Gasteiger partial charge in [0.2, 0.25) is 0 Å². The summed E-state index contributed by atoms with van der Waals surface area (Å²) in [6.07, 6.45) is 0. The van der Waals surface area contributed by atoms with Crippen LogP contribution in [-0.4, -0.2) is 24.3 Å². The molecule has 0 aliphatic rings. The number of benzene rings is 2. The van der Waals surface area contributed by atoms with Crippen molar-refractivity contribution in [3.8, 4) is 11.5 Å². The number of hydrogen-bond donors (Lipinski definition) is 1. The van der Waals surface area contributed by atoms with Crippen LogP contribution in [0.15, 0.2) is 46.9 Å². The van der Waals surface area contributed by atoms with Crippen molar-refractivity contribution in [3.63, 3.8) is 0 Å². The molecule has 0 amide bonds. The predicted molar refractivity (Wildman–Crippen MR) is 83.3 cm³/mol. The van der Waals surface area contributed by atoms with Crippen LogP contribution in [0.3, 0.4) is 0 Å². The van der Waals surface area contributed by atoms with E-state index in [9.17, 15) is 4.79 Å². The van der Waals surface area contributed by atoms with Gasteiger partial charge >= 0.3 is 5.97 Å². The molecule has 0 aliphatic carbocycles. The van der Waals surface area contributed by atoms with E-state index in [-0.39, 0.29) is 12.2 Å². The molecule has 0 radical (unpaired) electrons. The van der Waals surface area contributed by atoms with Gasteiger partial charge in [-0.25, -0.2) is 4.79 Å². The van der Waals surface area contributed by atoms with E-state index in [4.69, 9.17) is 14.6 Å². The molecule has 0 atom stereocenters. The maximum absolute atomic E-state index is 11.1. The Hall–Kier alpha value is -2.01. The Morgan fingerprint density at radius 2 is 1.86 bits per heavy atom. The maximum Gasteiger partial charge on any atom is 0.339 e. The number of halogens is 1. The highest BCUT2D eigenvalue weighted by Crippen LogP contribution is 2.23. The molecule has 0 unspecified atom stereocenters. The molecular formula is C16H15BrO4. The Bertz CT molecular complexity index is 640. The smallest absolute Gasteiger partial charge is 0.339 e. The number of carbonyl (C=O) groups is 1. The Kier molecular flexibility index (Phi) is 5.22. The molecule has 110 valence electrons. The molecule has 0 saturated carbocycles. The van der Waals surface area contributed by atoms with Crippen LogP contribution in [0, 0.1) is 6.92 Å². The fourth-order valence-electron chi connectivity index (χ4n) is 1.87. The number of aryl methyl sites for hydroxylation is 1. The predicted octanol–water partition coefficient (Wildman–Crippen LogP) is 3.91. The van der Waals surface area contributed by atoms with Crippen LogP contribution in [0.25, 0.3) is 0 Å². The third-order valence-corrected chi connectivity index (χ3v) is 3.33. The van der Waals surface area contributed by atoms with Gasteiger partial charge in [0.1, 0.15) is 30.3 Å². The van der Waals surface area contributed by atoms with Crippen molar-refractivity contribution in [2.45, 2.75) is 6.92 Å². The fourth-order valence-corrected chi connectivity index (χ4v) is 2.25. The standard InChI is InChI=1S/C16H15BrO4/c1-11-4-2-7-14(16(18)19)15(11)21-9-8-20-13-6-3-5-12(17)10-13/h2-7,10H,8-9H2,1H3,(H,18,19). The van der Waals surface area contributed by atoms with Gasteiger partial charge in [-0.1, -0.05) is 34.1 Å². The van der Waals surface area contributed by atoms with Crippen molar-refractivity contribution in [2.75, 3.05) is 13.2 Å². The van der Waals surface area contributed by atoms with Gasteiger partial charge in [0, 0.05) is 4.47 Å². The number of carboxylic acid groups (broad SMARTS) is 1. The summed E-state index contributed by atoms with van der Waals surface area (Å²) in [5, 5.41) is 9.14. The largest absolute Gasteiger partial charge is 0.490 e. The zero-order valence-corrected chi connectivity index (χ0v) is 13.1. The molecule has 4 nitrogen and oxygen atoms in total. The van der Waals surface area contributed by atoms with Crippen LogP contribution in [0.1, 0.15) is 15.9 Å². The Balaban J connectivity index is 1.93. The number of rotatable bonds is 6. The van der Waals surface area contributed by atoms with Gasteiger partial charge in [-0.05, 0) is 36.8 Å². The molecule has 0 bridgehead atoms. The zero-order chi connectivity index (χ0) is 15.2. The van der Waals surface area contributed by atoms with Crippen LogP contribution in [0.4, 0.5) is 0 Å². The molecule has 2 aromatic rings.